The van der Waals surface area contributed by atoms with Crippen molar-refractivity contribution in [2.24, 2.45) is 0 Å². The zero-order chi connectivity index (χ0) is 11.8. The van der Waals surface area contributed by atoms with Crippen molar-refractivity contribution in [3.63, 3.8) is 0 Å². The van der Waals surface area contributed by atoms with Crippen molar-refractivity contribution in [2.75, 3.05) is 0 Å². The first-order valence-corrected chi connectivity index (χ1v) is 4.33. The van der Waals surface area contributed by atoms with Gasteiger partial charge in [-0.15, -0.1) is 0 Å². The van der Waals surface area contributed by atoms with Crippen molar-refractivity contribution in [1.82, 2.24) is 4.98 Å². The Labute approximate surface area is 87.9 Å². The number of rotatable bonds is 2. The van der Waals surface area contributed by atoms with Gasteiger partial charge in [0.2, 0.25) is 0 Å². The van der Waals surface area contributed by atoms with Crippen molar-refractivity contribution >= 4 is 5.78 Å². The molecule has 0 saturated carbocycles. The molecule has 84 valence electrons. The molecule has 2 aromatic heterocycles. The van der Waals surface area contributed by atoms with Crippen LogP contribution in [0.2, 0.25) is 0 Å². The first kappa shape index (κ1) is 10.5. The predicted octanol–water partition coefficient (Wildman–Crippen LogP) is 3.02. The van der Waals surface area contributed by atoms with E-state index in [4.69, 9.17) is 4.42 Å². The lowest BCUT2D eigenvalue weighted by Crippen LogP contribution is -2.22. The smallest absolute Gasteiger partial charge is 0.456 e. The average molecular weight is 229 g/mol. The number of carbonyl (C=O) groups is 1. The highest BCUT2D eigenvalue weighted by Crippen LogP contribution is 2.24. The molecule has 2 rings (SSSR count). The lowest BCUT2D eigenvalue weighted by molar-refractivity contribution is -0.0887. The highest BCUT2D eigenvalue weighted by molar-refractivity contribution is 5.99. The van der Waals surface area contributed by atoms with E-state index in [1.807, 2.05) is 0 Å². The summed E-state index contributed by atoms with van der Waals surface area (Å²) in [5.74, 6) is -1.52. The van der Waals surface area contributed by atoms with E-state index in [-0.39, 0.29) is 0 Å². The quantitative estimate of drug-likeness (QED) is 0.804. The fourth-order valence-corrected chi connectivity index (χ4v) is 1.26. The lowest BCUT2D eigenvalue weighted by Gasteiger charge is -2.01. The van der Waals surface area contributed by atoms with Gasteiger partial charge in [-0.25, -0.2) is 0 Å². The maximum Gasteiger partial charge on any atom is 0.456 e. The van der Waals surface area contributed by atoms with Gasteiger partial charge in [0.1, 0.15) is 5.76 Å². The van der Waals surface area contributed by atoms with Gasteiger partial charge in [-0.3, -0.25) is 4.79 Å². The number of H-pyrrole nitrogens is 1. The summed E-state index contributed by atoms with van der Waals surface area (Å²) in [6, 6.07) is 5.61. The number of hydrogen-bond donors (Lipinski definition) is 1. The molecule has 0 amide bonds. The molecule has 0 bridgehead atoms. The molecule has 3 nitrogen and oxygen atoms in total. The number of hydrogen-bond acceptors (Lipinski definition) is 2. The summed E-state index contributed by atoms with van der Waals surface area (Å²) < 4.78 is 41.3. The first-order chi connectivity index (χ1) is 7.48. The SMILES string of the molecule is O=C(c1ccc(-c2ccco2)[nH]1)C(F)(F)F. The largest absolute Gasteiger partial charge is 0.463 e. The second-order valence-electron chi connectivity index (χ2n) is 3.09. The number of aromatic nitrogens is 1. The van der Waals surface area contributed by atoms with Crippen LogP contribution in [0.5, 0.6) is 0 Å². The van der Waals surface area contributed by atoms with Crippen LogP contribution in [0.3, 0.4) is 0 Å². The molecule has 16 heavy (non-hydrogen) atoms. The van der Waals surface area contributed by atoms with E-state index in [1.54, 1.807) is 12.1 Å². The Morgan fingerprint density at radius 2 is 2.00 bits per heavy atom. The average Bonchev–Trinajstić information content (AvgIpc) is 2.85. The van der Waals surface area contributed by atoms with E-state index in [0.717, 1.165) is 6.07 Å². The first-order valence-electron chi connectivity index (χ1n) is 4.33. The molecule has 0 fully saturated rings. The number of Topliss-reactive ketones (excluding diaryl/α,β-unsaturated/α-hetero) is 1. The molecule has 0 radical (unpaired) electrons. The minimum Gasteiger partial charge on any atom is -0.463 e. The molecule has 0 unspecified atom stereocenters. The predicted molar refractivity (Wildman–Crippen MR) is 48.9 cm³/mol. The van der Waals surface area contributed by atoms with Crippen molar-refractivity contribution in [1.29, 1.82) is 0 Å². The van der Waals surface area contributed by atoms with Crippen LogP contribution in [0.15, 0.2) is 34.9 Å². The van der Waals surface area contributed by atoms with Crippen LogP contribution in [-0.4, -0.2) is 16.9 Å². The van der Waals surface area contributed by atoms with Crippen molar-refractivity contribution < 1.29 is 22.4 Å². The van der Waals surface area contributed by atoms with Gasteiger partial charge >= 0.3 is 6.18 Å². The number of aromatic amines is 1. The van der Waals surface area contributed by atoms with E-state index >= 15 is 0 Å². The number of carbonyl (C=O) groups excluding carboxylic acids is 1. The molecule has 6 heteroatoms. The zero-order valence-electron chi connectivity index (χ0n) is 7.84. The molecule has 0 aromatic carbocycles. The van der Waals surface area contributed by atoms with Gasteiger partial charge in [0.25, 0.3) is 5.78 Å². The summed E-state index contributed by atoms with van der Waals surface area (Å²) in [7, 11) is 0. The Morgan fingerprint density at radius 1 is 1.25 bits per heavy atom. The highest BCUT2D eigenvalue weighted by Gasteiger charge is 2.40. The third-order valence-electron chi connectivity index (χ3n) is 1.97. The van der Waals surface area contributed by atoms with Gasteiger partial charge < -0.3 is 9.40 Å². The fourth-order valence-electron chi connectivity index (χ4n) is 1.26. The number of alkyl halides is 3. The van der Waals surface area contributed by atoms with Gasteiger partial charge in [-0.1, -0.05) is 0 Å². The summed E-state index contributed by atoms with van der Waals surface area (Å²) in [5.41, 5.74) is -0.170. The summed E-state index contributed by atoms with van der Waals surface area (Å²) in [6.45, 7) is 0. The molecule has 0 aliphatic rings. The lowest BCUT2D eigenvalue weighted by atomic mass is 10.3. The number of halogens is 3. The normalized spacial score (nSPS) is 11.7. The molecule has 0 spiro atoms. The molecule has 0 saturated heterocycles. The minimum atomic E-state index is -4.87. The molecule has 2 heterocycles. The molecule has 2 aromatic rings. The molecule has 1 N–H and O–H groups in total. The molecule has 0 aliphatic carbocycles. The fraction of sp³-hybridized carbons (Fsp3) is 0.100. The Kier molecular flexibility index (Phi) is 2.34. The van der Waals surface area contributed by atoms with E-state index < -0.39 is 17.7 Å². The monoisotopic (exact) mass is 229 g/mol. The molecule has 0 atom stereocenters. The van der Waals surface area contributed by atoms with E-state index in [0.29, 0.717) is 11.5 Å². The molecule has 0 aliphatic heterocycles. The number of nitrogens with one attached hydrogen (secondary N) is 1. The van der Waals surface area contributed by atoms with Gasteiger partial charge in [0, 0.05) is 0 Å². The Morgan fingerprint density at radius 3 is 2.56 bits per heavy atom. The maximum atomic E-state index is 12.1. The third-order valence-corrected chi connectivity index (χ3v) is 1.97. The summed E-state index contributed by atoms with van der Waals surface area (Å²) in [4.78, 5) is 13.2. The van der Waals surface area contributed by atoms with Gasteiger partial charge in [-0.05, 0) is 24.3 Å². The van der Waals surface area contributed by atoms with Gasteiger partial charge in [0.05, 0.1) is 17.7 Å². The zero-order valence-corrected chi connectivity index (χ0v) is 7.84. The van der Waals surface area contributed by atoms with Crippen LogP contribution >= 0.6 is 0 Å². The van der Waals surface area contributed by atoms with Gasteiger partial charge in [0.15, 0.2) is 0 Å². The Bertz CT molecular complexity index is 496. The van der Waals surface area contributed by atoms with Crippen molar-refractivity contribution in [3.8, 4) is 11.5 Å². The summed E-state index contributed by atoms with van der Waals surface area (Å²) >= 11 is 0. The second kappa shape index (κ2) is 3.55. The Balaban J connectivity index is 2.31. The minimum absolute atomic E-state index is 0.331. The molecular weight excluding hydrogens is 223 g/mol. The van der Waals surface area contributed by atoms with E-state index in [9.17, 15) is 18.0 Å². The van der Waals surface area contributed by atoms with Crippen LogP contribution in [0.4, 0.5) is 13.2 Å². The Hall–Kier alpha value is -1.98. The van der Waals surface area contributed by atoms with Crippen LogP contribution in [0, 0.1) is 0 Å². The van der Waals surface area contributed by atoms with Crippen LogP contribution < -0.4 is 0 Å². The number of ketones is 1. The van der Waals surface area contributed by atoms with Crippen LogP contribution in [-0.2, 0) is 0 Å². The summed E-state index contributed by atoms with van der Waals surface area (Å²) in [5, 5.41) is 0. The highest BCUT2D eigenvalue weighted by atomic mass is 19.4. The topological polar surface area (TPSA) is 46.0 Å². The number of furan rings is 1. The van der Waals surface area contributed by atoms with Crippen LogP contribution in [0.1, 0.15) is 10.5 Å². The molecular formula is C10H6F3NO2. The standard InChI is InChI=1S/C10H6F3NO2/c11-10(12,13)9(15)7-4-3-6(14-7)8-2-1-5-16-8/h1-5,14H. The van der Waals surface area contributed by atoms with E-state index in [1.165, 1.54) is 12.3 Å². The van der Waals surface area contributed by atoms with E-state index in [2.05, 4.69) is 4.98 Å². The van der Waals surface area contributed by atoms with Gasteiger partial charge in [-0.2, -0.15) is 13.2 Å². The third kappa shape index (κ3) is 1.86. The summed E-state index contributed by atoms with van der Waals surface area (Å²) in [6.07, 6.45) is -3.48. The van der Waals surface area contributed by atoms with Crippen LogP contribution in [0.25, 0.3) is 11.5 Å². The maximum absolute atomic E-state index is 12.1. The van der Waals surface area contributed by atoms with Crippen molar-refractivity contribution in [2.45, 2.75) is 6.18 Å². The second-order valence-corrected chi connectivity index (χ2v) is 3.09. The van der Waals surface area contributed by atoms with Crippen molar-refractivity contribution in [3.05, 3.63) is 36.2 Å².